The minimum absolute atomic E-state index is 0.279. The molecule has 2 amide bonds. The molecule has 2 atom stereocenters. The second-order valence-electron chi connectivity index (χ2n) is 7.62. The van der Waals surface area contributed by atoms with Gasteiger partial charge in [-0.25, -0.2) is 4.79 Å². The maximum Gasteiger partial charge on any atom is 0.411 e. The Balaban J connectivity index is 2.20. The van der Waals surface area contributed by atoms with Crippen molar-refractivity contribution in [1.29, 1.82) is 0 Å². The van der Waals surface area contributed by atoms with E-state index in [9.17, 15) is 14.7 Å². The minimum Gasteiger partial charge on any atom is -0.444 e. The van der Waals surface area contributed by atoms with Gasteiger partial charge in [0.25, 0.3) is 0 Å². The molecular weight excluding hydrogens is 332 g/mol. The summed E-state index contributed by atoms with van der Waals surface area (Å²) in [5.74, 6) is -0.420. The quantitative estimate of drug-likeness (QED) is 0.809. The molecule has 2 N–H and O–H groups in total. The highest BCUT2D eigenvalue weighted by Crippen LogP contribution is 2.24. The van der Waals surface area contributed by atoms with Gasteiger partial charge < -0.3 is 15.2 Å². The standard InChI is InChI=1S/C20H28N2O4/c1-6-7-14-9-8-13(2)12-15(14)21-18(24)17-16(23)10-11-22(17)19(25)26-20(3,4)5/h6,8-9,12,16-17,23H,1,7,10-11H2,2-5H3,(H,21,24)/t16-,17+/m1/s1. The lowest BCUT2D eigenvalue weighted by Gasteiger charge is -2.29. The zero-order valence-electron chi connectivity index (χ0n) is 15.9. The number of ether oxygens (including phenoxy) is 1. The lowest BCUT2D eigenvalue weighted by Crippen LogP contribution is -2.49. The molecule has 6 nitrogen and oxygen atoms in total. The minimum atomic E-state index is -0.970. The Morgan fingerprint density at radius 3 is 2.73 bits per heavy atom. The Bertz CT molecular complexity index is 694. The molecular formula is C20H28N2O4. The zero-order valence-corrected chi connectivity index (χ0v) is 15.9. The highest BCUT2D eigenvalue weighted by atomic mass is 16.6. The summed E-state index contributed by atoms with van der Waals surface area (Å²) in [4.78, 5) is 26.5. The maximum absolute atomic E-state index is 12.8. The number of likely N-dealkylation sites (tertiary alicyclic amines) is 1. The van der Waals surface area contributed by atoms with Gasteiger partial charge in [-0.3, -0.25) is 9.69 Å². The first kappa shape index (κ1) is 20.0. The number of rotatable bonds is 4. The van der Waals surface area contributed by atoms with Crippen LogP contribution >= 0.6 is 0 Å². The topological polar surface area (TPSA) is 78.9 Å². The third kappa shape index (κ3) is 4.85. The number of aliphatic hydroxyl groups is 1. The summed E-state index contributed by atoms with van der Waals surface area (Å²) >= 11 is 0. The number of nitrogens with zero attached hydrogens (tertiary/aromatic N) is 1. The van der Waals surface area contributed by atoms with Crippen molar-refractivity contribution in [3.63, 3.8) is 0 Å². The van der Waals surface area contributed by atoms with E-state index in [1.54, 1.807) is 26.8 Å². The van der Waals surface area contributed by atoms with Gasteiger partial charge in [0, 0.05) is 12.2 Å². The molecule has 0 bridgehead atoms. The van der Waals surface area contributed by atoms with E-state index in [1.165, 1.54) is 4.90 Å². The van der Waals surface area contributed by atoms with E-state index in [0.29, 0.717) is 18.5 Å². The van der Waals surface area contributed by atoms with E-state index < -0.39 is 29.7 Å². The second-order valence-corrected chi connectivity index (χ2v) is 7.62. The van der Waals surface area contributed by atoms with Crippen LogP contribution in [0.1, 0.15) is 38.3 Å². The Morgan fingerprint density at radius 2 is 2.12 bits per heavy atom. The number of nitrogens with one attached hydrogen (secondary N) is 1. The monoisotopic (exact) mass is 360 g/mol. The molecule has 1 aliphatic heterocycles. The van der Waals surface area contributed by atoms with E-state index >= 15 is 0 Å². The van der Waals surface area contributed by atoms with Crippen LogP contribution in [-0.4, -0.2) is 46.3 Å². The smallest absolute Gasteiger partial charge is 0.411 e. The first-order valence-corrected chi connectivity index (χ1v) is 8.81. The van der Waals surface area contributed by atoms with Crippen molar-refractivity contribution in [3.8, 4) is 0 Å². The number of anilines is 1. The number of hydrogen-bond acceptors (Lipinski definition) is 4. The largest absolute Gasteiger partial charge is 0.444 e. The normalized spacial score (nSPS) is 20.0. The van der Waals surface area contributed by atoms with Gasteiger partial charge in [-0.15, -0.1) is 6.58 Å². The predicted molar refractivity (Wildman–Crippen MR) is 101 cm³/mol. The molecule has 1 aromatic carbocycles. The summed E-state index contributed by atoms with van der Waals surface area (Å²) in [5, 5.41) is 13.1. The first-order valence-electron chi connectivity index (χ1n) is 8.81. The van der Waals surface area contributed by atoms with Crippen LogP contribution in [0.5, 0.6) is 0 Å². The third-order valence-electron chi connectivity index (χ3n) is 4.15. The highest BCUT2D eigenvalue weighted by Gasteiger charge is 2.42. The third-order valence-corrected chi connectivity index (χ3v) is 4.15. The van der Waals surface area contributed by atoms with Crippen LogP contribution in [0.4, 0.5) is 10.5 Å². The number of benzene rings is 1. The number of allylic oxidation sites excluding steroid dienone is 1. The van der Waals surface area contributed by atoms with E-state index in [4.69, 9.17) is 4.74 Å². The number of aryl methyl sites for hydroxylation is 1. The van der Waals surface area contributed by atoms with Crippen LogP contribution in [0.15, 0.2) is 30.9 Å². The van der Waals surface area contributed by atoms with Crippen molar-refractivity contribution in [1.82, 2.24) is 4.90 Å². The van der Waals surface area contributed by atoms with E-state index in [1.807, 2.05) is 25.1 Å². The summed E-state index contributed by atoms with van der Waals surface area (Å²) in [6.45, 7) is 11.2. The van der Waals surface area contributed by atoms with Crippen LogP contribution in [-0.2, 0) is 16.0 Å². The number of hydrogen-bond donors (Lipinski definition) is 2. The van der Waals surface area contributed by atoms with Gasteiger partial charge in [-0.2, -0.15) is 0 Å². The van der Waals surface area contributed by atoms with Crippen molar-refractivity contribution >= 4 is 17.7 Å². The lowest BCUT2D eigenvalue weighted by atomic mass is 10.1. The van der Waals surface area contributed by atoms with Crippen molar-refractivity contribution < 1.29 is 19.4 Å². The van der Waals surface area contributed by atoms with E-state index in [-0.39, 0.29) is 6.54 Å². The molecule has 1 saturated heterocycles. The molecule has 2 rings (SSSR count). The molecule has 142 valence electrons. The van der Waals surface area contributed by atoms with Crippen LogP contribution < -0.4 is 5.32 Å². The van der Waals surface area contributed by atoms with Gasteiger partial charge in [0.15, 0.2) is 0 Å². The molecule has 0 saturated carbocycles. The molecule has 0 aliphatic carbocycles. The summed E-state index contributed by atoms with van der Waals surface area (Å²) in [7, 11) is 0. The average Bonchev–Trinajstić information content (AvgIpc) is 2.90. The SMILES string of the molecule is C=CCc1ccc(C)cc1NC(=O)[C@@H]1[C@H](O)CCN1C(=O)OC(C)(C)C. The number of carbonyl (C=O) groups is 2. The van der Waals surface area contributed by atoms with Gasteiger partial charge in [0.2, 0.25) is 5.91 Å². The molecule has 6 heteroatoms. The molecule has 1 aromatic rings. The molecule has 1 heterocycles. The highest BCUT2D eigenvalue weighted by molar-refractivity contribution is 5.98. The van der Waals surface area contributed by atoms with Crippen LogP contribution in [0.3, 0.4) is 0 Å². The van der Waals surface area contributed by atoms with Gasteiger partial charge in [-0.05, 0) is 57.7 Å². The fraction of sp³-hybridized carbons (Fsp3) is 0.500. The van der Waals surface area contributed by atoms with E-state index in [0.717, 1.165) is 11.1 Å². The van der Waals surface area contributed by atoms with Gasteiger partial charge in [0.05, 0.1) is 6.10 Å². The maximum atomic E-state index is 12.8. The second kappa shape index (κ2) is 7.91. The Hall–Kier alpha value is -2.34. The number of carbonyl (C=O) groups excluding carboxylic acids is 2. The van der Waals surface area contributed by atoms with Crippen LogP contribution in [0.25, 0.3) is 0 Å². The first-order chi connectivity index (χ1) is 12.1. The molecule has 0 spiro atoms. The lowest BCUT2D eigenvalue weighted by molar-refractivity contribution is -0.122. The van der Waals surface area contributed by atoms with Gasteiger partial charge in [0.1, 0.15) is 11.6 Å². The molecule has 0 aromatic heterocycles. The Morgan fingerprint density at radius 1 is 1.42 bits per heavy atom. The Kier molecular flexibility index (Phi) is 6.08. The number of amides is 2. The van der Waals surface area contributed by atoms with Gasteiger partial charge in [-0.1, -0.05) is 18.2 Å². The fourth-order valence-corrected chi connectivity index (χ4v) is 2.96. The predicted octanol–water partition coefficient (Wildman–Crippen LogP) is 3.03. The van der Waals surface area contributed by atoms with Crippen molar-refractivity contribution in [2.75, 3.05) is 11.9 Å². The van der Waals surface area contributed by atoms with Crippen molar-refractivity contribution in [2.24, 2.45) is 0 Å². The summed E-state index contributed by atoms with van der Waals surface area (Å²) in [6, 6.07) is 4.80. The van der Waals surface area contributed by atoms with Crippen LogP contribution in [0, 0.1) is 6.92 Å². The fourth-order valence-electron chi connectivity index (χ4n) is 2.96. The molecule has 26 heavy (non-hydrogen) atoms. The Labute approximate surface area is 154 Å². The van der Waals surface area contributed by atoms with Crippen LogP contribution in [0.2, 0.25) is 0 Å². The molecule has 1 fully saturated rings. The van der Waals surface area contributed by atoms with Gasteiger partial charge >= 0.3 is 6.09 Å². The average molecular weight is 360 g/mol. The van der Waals surface area contributed by atoms with Crippen molar-refractivity contribution in [2.45, 2.75) is 58.3 Å². The summed E-state index contributed by atoms with van der Waals surface area (Å²) in [5.41, 5.74) is 1.93. The summed E-state index contributed by atoms with van der Waals surface area (Å²) < 4.78 is 5.36. The summed E-state index contributed by atoms with van der Waals surface area (Å²) in [6.07, 6.45) is 1.20. The molecule has 0 unspecified atom stereocenters. The van der Waals surface area contributed by atoms with Crippen molar-refractivity contribution in [3.05, 3.63) is 42.0 Å². The van der Waals surface area contributed by atoms with E-state index in [2.05, 4.69) is 11.9 Å². The molecule has 0 radical (unpaired) electrons. The zero-order chi connectivity index (χ0) is 19.5. The number of aliphatic hydroxyl groups excluding tert-OH is 1. The molecule has 1 aliphatic rings.